The lowest BCUT2D eigenvalue weighted by Gasteiger charge is -2.21. The van der Waals surface area contributed by atoms with Crippen LogP contribution in [0.15, 0.2) is 24.3 Å². The average Bonchev–Trinajstić information content (AvgIpc) is 2.68. The molecule has 0 aliphatic heterocycles. The largest absolute Gasteiger partial charge is 0.494 e. The summed E-state index contributed by atoms with van der Waals surface area (Å²) in [6, 6.07) is 7.69. The Kier molecular flexibility index (Phi) is 10.2. The van der Waals surface area contributed by atoms with E-state index in [0.29, 0.717) is 17.5 Å². The fraction of sp³-hybridized carbons (Fsp3) is 0.636. The highest BCUT2D eigenvalue weighted by Gasteiger charge is 2.15. The van der Waals surface area contributed by atoms with Crippen molar-refractivity contribution in [3.8, 4) is 5.75 Å². The van der Waals surface area contributed by atoms with Crippen molar-refractivity contribution in [1.29, 1.82) is 0 Å². The minimum absolute atomic E-state index is 0.00473. The van der Waals surface area contributed by atoms with E-state index in [2.05, 4.69) is 17.6 Å². The number of nitrogens with one attached hydrogen (secondary N) is 2. The Morgan fingerprint density at radius 2 is 1.85 bits per heavy atom. The highest BCUT2D eigenvalue weighted by Crippen LogP contribution is 2.27. The second kappa shape index (κ2) is 12.7. The monoisotopic (exact) mass is 390 g/mol. The molecule has 1 fully saturated rings. The molecule has 150 valence electrons. The van der Waals surface area contributed by atoms with E-state index in [1.54, 1.807) is 0 Å². The van der Waals surface area contributed by atoms with Crippen molar-refractivity contribution in [2.45, 2.75) is 77.6 Å². The van der Waals surface area contributed by atoms with Crippen LogP contribution in [0.1, 0.15) is 77.6 Å². The number of unbranched alkanes of at least 4 members (excludes halogenated alkanes) is 3. The minimum Gasteiger partial charge on any atom is -0.494 e. The predicted octanol–water partition coefficient (Wildman–Crippen LogP) is 5.82. The average molecular weight is 391 g/mol. The van der Waals surface area contributed by atoms with E-state index in [9.17, 15) is 4.79 Å². The molecule has 1 aliphatic carbocycles. The quantitative estimate of drug-likeness (QED) is 0.390. The molecule has 5 heteroatoms. The predicted molar refractivity (Wildman–Crippen MR) is 116 cm³/mol. The van der Waals surface area contributed by atoms with E-state index in [1.165, 1.54) is 51.4 Å². The Hall–Kier alpha value is -1.62. The Balaban J connectivity index is 1.63. The Morgan fingerprint density at radius 1 is 1.11 bits per heavy atom. The first-order chi connectivity index (χ1) is 13.2. The molecular weight excluding hydrogens is 356 g/mol. The van der Waals surface area contributed by atoms with Gasteiger partial charge in [-0.2, -0.15) is 0 Å². The molecule has 1 aliphatic rings. The molecule has 1 amide bonds. The van der Waals surface area contributed by atoms with Gasteiger partial charge in [0.05, 0.1) is 6.61 Å². The summed E-state index contributed by atoms with van der Waals surface area (Å²) in [5.41, 5.74) is 0.853. The molecule has 0 unspecified atom stereocenters. The SMILES string of the molecule is CCCCCCOc1ccc(NC(=S)NC(=O)CCC2CCCCC2)cc1. The van der Waals surface area contributed by atoms with E-state index < -0.39 is 0 Å². The summed E-state index contributed by atoms with van der Waals surface area (Å²) in [4.78, 5) is 12.1. The van der Waals surface area contributed by atoms with E-state index in [1.807, 2.05) is 24.3 Å². The van der Waals surface area contributed by atoms with Crippen LogP contribution in [-0.4, -0.2) is 17.6 Å². The highest BCUT2D eigenvalue weighted by molar-refractivity contribution is 7.80. The first-order valence-electron chi connectivity index (χ1n) is 10.5. The van der Waals surface area contributed by atoms with E-state index in [4.69, 9.17) is 17.0 Å². The van der Waals surface area contributed by atoms with Gasteiger partial charge in [0.2, 0.25) is 5.91 Å². The van der Waals surface area contributed by atoms with Crippen molar-refractivity contribution >= 4 is 28.9 Å². The molecule has 0 bridgehead atoms. The maximum atomic E-state index is 12.1. The second-order valence-electron chi connectivity index (χ2n) is 7.48. The standard InChI is InChI=1S/C22H34N2O2S/c1-2-3-4-8-17-26-20-14-12-19(13-15-20)23-22(27)24-21(25)16-11-18-9-6-5-7-10-18/h12-15,18H,2-11,16-17H2,1H3,(H2,23,24,25,27). The molecule has 0 spiro atoms. The van der Waals surface area contributed by atoms with Crippen LogP contribution in [0.5, 0.6) is 5.75 Å². The Morgan fingerprint density at radius 3 is 2.56 bits per heavy atom. The number of rotatable bonds is 10. The maximum absolute atomic E-state index is 12.1. The van der Waals surface area contributed by atoms with E-state index in [-0.39, 0.29) is 5.91 Å². The van der Waals surface area contributed by atoms with Crippen molar-refractivity contribution in [1.82, 2.24) is 5.32 Å². The minimum atomic E-state index is 0.00473. The van der Waals surface area contributed by atoms with Gasteiger partial charge >= 0.3 is 0 Å². The van der Waals surface area contributed by atoms with Crippen molar-refractivity contribution in [2.75, 3.05) is 11.9 Å². The highest BCUT2D eigenvalue weighted by atomic mass is 32.1. The number of carbonyl (C=O) groups is 1. The number of benzene rings is 1. The number of carbonyl (C=O) groups excluding carboxylic acids is 1. The number of ether oxygens (including phenoxy) is 1. The molecule has 4 nitrogen and oxygen atoms in total. The van der Waals surface area contributed by atoms with Crippen LogP contribution in [0.3, 0.4) is 0 Å². The van der Waals surface area contributed by atoms with Gasteiger partial charge in [0, 0.05) is 12.1 Å². The molecule has 27 heavy (non-hydrogen) atoms. The molecule has 1 aromatic carbocycles. The topological polar surface area (TPSA) is 50.4 Å². The van der Waals surface area contributed by atoms with Crippen LogP contribution in [0.25, 0.3) is 0 Å². The lowest BCUT2D eigenvalue weighted by molar-refractivity contribution is -0.120. The third kappa shape index (κ3) is 9.23. The summed E-state index contributed by atoms with van der Waals surface area (Å²) in [5.74, 6) is 1.57. The molecular formula is C22H34N2O2S. The molecule has 0 radical (unpaired) electrons. The number of anilines is 1. The molecule has 1 saturated carbocycles. The van der Waals surface area contributed by atoms with Gasteiger partial charge in [0.15, 0.2) is 5.11 Å². The molecule has 0 heterocycles. The third-order valence-corrected chi connectivity index (χ3v) is 5.34. The summed E-state index contributed by atoms with van der Waals surface area (Å²) in [5, 5.41) is 6.21. The maximum Gasteiger partial charge on any atom is 0.226 e. The Bertz CT molecular complexity index is 568. The first kappa shape index (κ1) is 21.7. The lowest BCUT2D eigenvalue weighted by atomic mass is 9.86. The summed E-state index contributed by atoms with van der Waals surface area (Å²) >= 11 is 5.25. The van der Waals surface area contributed by atoms with Crippen molar-refractivity contribution < 1.29 is 9.53 Å². The van der Waals surface area contributed by atoms with Crippen LogP contribution in [0, 0.1) is 5.92 Å². The van der Waals surface area contributed by atoms with Crippen molar-refractivity contribution in [3.05, 3.63) is 24.3 Å². The zero-order valence-corrected chi connectivity index (χ0v) is 17.4. The fourth-order valence-electron chi connectivity index (χ4n) is 3.52. The van der Waals surface area contributed by atoms with Gasteiger partial charge in [-0.15, -0.1) is 0 Å². The summed E-state index contributed by atoms with van der Waals surface area (Å²) < 4.78 is 5.74. The number of thiocarbonyl (C=S) groups is 1. The van der Waals surface area contributed by atoms with Crippen molar-refractivity contribution in [3.63, 3.8) is 0 Å². The summed E-state index contributed by atoms with van der Waals surface area (Å²) in [6.45, 7) is 2.96. The van der Waals surface area contributed by atoms with Gasteiger partial charge < -0.3 is 15.4 Å². The summed E-state index contributed by atoms with van der Waals surface area (Å²) in [7, 11) is 0. The first-order valence-corrected chi connectivity index (χ1v) is 10.9. The van der Waals surface area contributed by atoms with Crippen LogP contribution in [0.2, 0.25) is 0 Å². The number of hydrogen-bond donors (Lipinski definition) is 2. The van der Waals surface area contributed by atoms with Gasteiger partial charge in [-0.05, 0) is 55.2 Å². The van der Waals surface area contributed by atoms with Crippen LogP contribution in [0.4, 0.5) is 5.69 Å². The smallest absolute Gasteiger partial charge is 0.226 e. The zero-order valence-electron chi connectivity index (χ0n) is 16.6. The van der Waals surface area contributed by atoms with Crippen LogP contribution >= 0.6 is 12.2 Å². The zero-order chi connectivity index (χ0) is 19.3. The van der Waals surface area contributed by atoms with E-state index >= 15 is 0 Å². The number of amides is 1. The van der Waals surface area contributed by atoms with Gasteiger partial charge in [-0.1, -0.05) is 58.3 Å². The van der Waals surface area contributed by atoms with Gasteiger partial charge in [0.25, 0.3) is 0 Å². The number of hydrogen-bond acceptors (Lipinski definition) is 3. The lowest BCUT2D eigenvalue weighted by Crippen LogP contribution is -2.34. The normalized spacial score (nSPS) is 14.6. The van der Waals surface area contributed by atoms with Crippen molar-refractivity contribution in [2.24, 2.45) is 5.92 Å². The van der Waals surface area contributed by atoms with Crippen LogP contribution in [-0.2, 0) is 4.79 Å². The molecule has 0 atom stereocenters. The fourth-order valence-corrected chi connectivity index (χ4v) is 3.75. The van der Waals surface area contributed by atoms with Crippen LogP contribution < -0.4 is 15.4 Å². The van der Waals surface area contributed by atoms with Gasteiger partial charge in [0.1, 0.15) is 5.75 Å². The Labute approximate surface area is 169 Å². The molecule has 0 aromatic heterocycles. The van der Waals surface area contributed by atoms with E-state index in [0.717, 1.165) is 30.9 Å². The molecule has 2 rings (SSSR count). The van der Waals surface area contributed by atoms with Gasteiger partial charge in [-0.25, -0.2) is 0 Å². The molecule has 2 N–H and O–H groups in total. The third-order valence-electron chi connectivity index (χ3n) is 5.14. The summed E-state index contributed by atoms with van der Waals surface area (Å²) in [6.07, 6.45) is 12.8. The second-order valence-corrected chi connectivity index (χ2v) is 7.89. The molecule has 1 aromatic rings. The van der Waals surface area contributed by atoms with Gasteiger partial charge in [-0.3, -0.25) is 4.79 Å². The molecule has 0 saturated heterocycles.